The molecule has 0 aliphatic carbocycles. The van der Waals surface area contributed by atoms with Gasteiger partial charge >= 0.3 is 0 Å². The van der Waals surface area contributed by atoms with Crippen molar-refractivity contribution in [1.29, 1.82) is 0 Å². The molecule has 2 fully saturated rings. The van der Waals surface area contributed by atoms with Crippen LogP contribution in [0.2, 0.25) is 0 Å². The lowest BCUT2D eigenvalue weighted by Gasteiger charge is -2.39. The lowest BCUT2D eigenvalue weighted by Crippen LogP contribution is -2.57. The first-order chi connectivity index (χ1) is 14.6. The Hall–Kier alpha value is -2.35. The number of amides is 1. The molecule has 1 aromatic rings. The average Bonchev–Trinajstić information content (AvgIpc) is 3.33. The molecule has 3 rings (SSSR count). The normalized spacial score (nSPS) is 19.1. The van der Waals surface area contributed by atoms with Gasteiger partial charge in [-0.15, -0.1) is 0 Å². The Morgan fingerprint density at radius 3 is 2.50 bits per heavy atom. The maximum Gasteiger partial charge on any atom is 0.239 e. The molecular weight excluding hydrogens is 380 g/mol. The molecule has 1 atom stereocenters. The zero-order chi connectivity index (χ0) is 21.3. The third-order valence-electron chi connectivity index (χ3n) is 5.85. The van der Waals surface area contributed by atoms with E-state index in [-0.39, 0.29) is 11.9 Å². The van der Waals surface area contributed by atoms with Crippen molar-refractivity contribution in [1.82, 2.24) is 25.0 Å². The van der Waals surface area contributed by atoms with Crippen LogP contribution < -0.4 is 10.1 Å². The van der Waals surface area contributed by atoms with E-state index >= 15 is 0 Å². The van der Waals surface area contributed by atoms with Gasteiger partial charge in [-0.1, -0.05) is 13.0 Å². The van der Waals surface area contributed by atoms with E-state index in [0.29, 0.717) is 19.0 Å². The van der Waals surface area contributed by atoms with Crippen molar-refractivity contribution >= 4 is 11.9 Å². The lowest BCUT2D eigenvalue weighted by atomic mass is 10.2. The highest BCUT2D eigenvalue weighted by Crippen LogP contribution is 2.14. The van der Waals surface area contributed by atoms with E-state index < -0.39 is 0 Å². The van der Waals surface area contributed by atoms with Crippen LogP contribution in [0.5, 0.6) is 5.88 Å². The Bertz CT molecular complexity index is 694. The lowest BCUT2D eigenvalue weighted by molar-refractivity contribution is -0.135. The maximum atomic E-state index is 12.7. The second kappa shape index (κ2) is 11.2. The summed E-state index contributed by atoms with van der Waals surface area (Å²) < 4.78 is 5.54. The van der Waals surface area contributed by atoms with Gasteiger partial charge in [-0.3, -0.25) is 14.7 Å². The van der Waals surface area contributed by atoms with E-state index in [4.69, 9.17) is 4.74 Å². The molecule has 2 aliphatic rings. The van der Waals surface area contributed by atoms with E-state index in [0.717, 1.165) is 70.1 Å². The number of hydrogen-bond acceptors (Lipinski definition) is 5. The Labute approximate surface area is 180 Å². The van der Waals surface area contributed by atoms with Crippen LogP contribution in [0.1, 0.15) is 38.7 Å². The molecule has 1 aromatic heterocycles. The SMILES string of the molecule is CCCOc1ccc(CNC(=NC)N2CCN(C(C)C(=O)N3CCCC3)CC2)cn1. The molecule has 0 radical (unpaired) electrons. The average molecular weight is 417 g/mol. The fraction of sp³-hybridized carbons (Fsp3) is 0.682. The molecular formula is C22H36N6O2. The van der Waals surface area contributed by atoms with Crippen molar-refractivity contribution < 1.29 is 9.53 Å². The molecule has 0 saturated carbocycles. The van der Waals surface area contributed by atoms with Crippen LogP contribution in [0.4, 0.5) is 0 Å². The van der Waals surface area contributed by atoms with Crippen molar-refractivity contribution in [3.63, 3.8) is 0 Å². The number of likely N-dealkylation sites (tertiary alicyclic amines) is 1. The van der Waals surface area contributed by atoms with Crippen LogP contribution in [0.3, 0.4) is 0 Å². The van der Waals surface area contributed by atoms with Gasteiger partial charge in [-0.05, 0) is 31.7 Å². The molecule has 8 heteroatoms. The number of guanidine groups is 1. The maximum absolute atomic E-state index is 12.7. The number of pyridine rings is 1. The molecule has 166 valence electrons. The van der Waals surface area contributed by atoms with Crippen molar-refractivity contribution in [2.24, 2.45) is 4.99 Å². The second-order valence-corrected chi connectivity index (χ2v) is 7.99. The summed E-state index contributed by atoms with van der Waals surface area (Å²) in [6.07, 6.45) is 5.09. The van der Waals surface area contributed by atoms with Crippen molar-refractivity contribution in [3.8, 4) is 5.88 Å². The number of hydrogen-bond donors (Lipinski definition) is 1. The van der Waals surface area contributed by atoms with E-state index in [1.807, 2.05) is 37.2 Å². The number of nitrogens with zero attached hydrogens (tertiary/aromatic N) is 5. The van der Waals surface area contributed by atoms with Gasteiger partial charge in [-0.25, -0.2) is 4.98 Å². The summed E-state index contributed by atoms with van der Waals surface area (Å²) in [7, 11) is 1.81. The van der Waals surface area contributed by atoms with Crippen LogP contribution in [0.25, 0.3) is 0 Å². The summed E-state index contributed by atoms with van der Waals surface area (Å²) >= 11 is 0. The van der Waals surface area contributed by atoms with Crippen molar-refractivity contribution in [2.45, 2.75) is 45.7 Å². The first kappa shape index (κ1) is 22.3. The summed E-state index contributed by atoms with van der Waals surface area (Å²) in [5.74, 6) is 1.83. The van der Waals surface area contributed by atoms with Gasteiger partial charge < -0.3 is 19.9 Å². The Balaban J connectivity index is 1.45. The van der Waals surface area contributed by atoms with Crippen LogP contribution in [0, 0.1) is 0 Å². The first-order valence-corrected chi connectivity index (χ1v) is 11.2. The standard InChI is InChI=1S/C22H36N6O2/c1-4-15-30-20-8-7-19(16-24-20)17-25-22(23-3)28-13-11-26(12-14-28)18(2)21(29)27-9-5-6-10-27/h7-8,16,18H,4-6,9-15,17H2,1-3H3,(H,23,25). The zero-order valence-corrected chi connectivity index (χ0v) is 18.6. The van der Waals surface area contributed by atoms with Crippen LogP contribution in [-0.4, -0.2) is 90.5 Å². The van der Waals surface area contributed by atoms with Gasteiger partial charge in [0.1, 0.15) is 0 Å². The topological polar surface area (TPSA) is 73.3 Å². The molecule has 30 heavy (non-hydrogen) atoms. The Morgan fingerprint density at radius 2 is 1.90 bits per heavy atom. The molecule has 0 spiro atoms. The Morgan fingerprint density at radius 1 is 1.17 bits per heavy atom. The van der Waals surface area contributed by atoms with Crippen molar-refractivity contribution in [3.05, 3.63) is 23.9 Å². The van der Waals surface area contributed by atoms with Gasteiger partial charge in [0.05, 0.1) is 12.6 Å². The summed E-state index contributed by atoms with van der Waals surface area (Å²) in [5, 5.41) is 3.43. The number of piperazine rings is 1. The minimum Gasteiger partial charge on any atom is -0.478 e. The van der Waals surface area contributed by atoms with Gasteiger partial charge in [0.25, 0.3) is 0 Å². The van der Waals surface area contributed by atoms with Crippen LogP contribution >= 0.6 is 0 Å². The van der Waals surface area contributed by atoms with Gasteiger partial charge in [0, 0.05) is 65.1 Å². The quantitative estimate of drug-likeness (QED) is 0.537. The largest absolute Gasteiger partial charge is 0.478 e. The smallest absolute Gasteiger partial charge is 0.239 e. The fourth-order valence-corrected chi connectivity index (χ4v) is 4.00. The minimum absolute atomic E-state index is 0.0419. The van der Waals surface area contributed by atoms with Crippen molar-refractivity contribution in [2.75, 3.05) is 52.9 Å². The summed E-state index contributed by atoms with van der Waals surface area (Å²) in [5.41, 5.74) is 1.09. The highest BCUT2D eigenvalue weighted by molar-refractivity contribution is 5.82. The Kier molecular flexibility index (Phi) is 8.30. The third-order valence-corrected chi connectivity index (χ3v) is 5.85. The molecule has 2 saturated heterocycles. The highest BCUT2D eigenvalue weighted by Gasteiger charge is 2.30. The van der Waals surface area contributed by atoms with E-state index in [1.54, 1.807) is 0 Å². The van der Waals surface area contributed by atoms with E-state index in [9.17, 15) is 4.79 Å². The predicted molar refractivity (Wildman–Crippen MR) is 119 cm³/mol. The summed E-state index contributed by atoms with van der Waals surface area (Å²) in [6, 6.07) is 3.90. The number of aromatic nitrogens is 1. The molecule has 0 aromatic carbocycles. The second-order valence-electron chi connectivity index (χ2n) is 7.99. The fourth-order valence-electron chi connectivity index (χ4n) is 4.00. The molecule has 8 nitrogen and oxygen atoms in total. The number of nitrogens with one attached hydrogen (secondary N) is 1. The van der Waals surface area contributed by atoms with Gasteiger partial charge in [0.15, 0.2) is 5.96 Å². The predicted octanol–water partition coefficient (Wildman–Crippen LogP) is 1.57. The minimum atomic E-state index is -0.0419. The monoisotopic (exact) mass is 416 g/mol. The van der Waals surface area contributed by atoms with Crippen LogP contribution in [0.15, 0.2) is 23.3 Å². The highest BCUT2D eigenvalue weighted by atomic mass is 16.5. The van der Waals surface area contributed by atoms with Gasteiger partial charge in [-0.2, -0.15) is 0 Å². The number of rotatable bonds is 7. The van der Waals surface area contributed by atoms with Gasteiger partial charge in [0.2, 0.25) is 11.8 Å². The number of carbonyl (C=O) groups excluding carboxylic acids is 1. The molecule has 2 aliphatic heterocycles. The molecule has 1 amide bonds. The number of ether oxygens (including phenoxy) is 1. The molecule has 1 N–H and O–H groups in total. The first-order valence-electron chi connectivity index (χ1n) is 11.2. The third kappa shape index (κ3) is 5.84. The van der Waals surface area contributed by atoms with E-state index in [2.05, 4.69) is 32.0 Å². The summed E-state index contributed by atoms with van der Waals surface area (Å²) in [4.78, 5) is 28.0. The zero-order valence-electron chi connectivity index (χ0n) is 18.6. The van der Waals surface area contributed by atoms with Crippen LogP contribution in [-0.2, 0) is 11.3 Å². The molecule has 1 unspecified atom stereocenters. The summed E-state index contributed by atoms with van der Waals surface area (Å²) in [6.45, 7) is 10.8. The number of carbonyl (C=O) groups is 1. The van der Waals surface area contributed by atoms with E-state index in [1.165, 1.54) is 0 Å². The molecule has 0 bridgehead atoms. The number of aliphatic imine (C=N–C) groups is 1. The molecule has 3 heterocycles.